The topological polar surface area (TPSA) is 132 Å². The lowest BCUT2D eigenvalue weighted by atomic mass is 9.95. The fraction of sp³-hybridized carbons (Fsp3) is 0.588. The van der Waals surface area contributed by atoms with Crippen molar-refractivity contribution < 1.29 is 14.6 Å². The van der Waals surface area contributed by atoms with Crippen molar-refractivity contribution in [3.05, 3.63) is 32.7 Å². The van der Waals surface area contributed by atoms with E-state index in [9.17, 15) is 14.7 Å². The molecule has 1 saturated heterocycles. The van der Waals surface area contributed by atoms with Crippen LogP contribution in [0.5, 0.6) is 0 Å². The molecule has 3 heterocycles. The van der Waals surface area contributed by atoms with Gasteiger partial charge < -0.3 is 20.3 Å². The van der Waals surface area contributed by atoms with Gasteiger partial charge in [0.25, 0.3) is 5.56 Å². The Balaban J connectivity index is 2.07. The molecule has 0 aromatic carbocycles. The molecule has 9 nitrogen and oxygen atoms in total. The third-order valence-electron chi connectivity index (χ3n) is 4.86. The molecule has 0 saturated carbocycles. The van der Waals surface area contributed by atoms with Gasteiger partial charge in [-0.05, 0) is 19.8 Å². The molecule has 27 heavy (non-hydrogen) atoms. The minimum atomic E-state index is -0.717. The van der Waals surface area contributed by atoms with Crippen molar-refractivity contribution in [1.29, 1.82) is 0 Å². The predicted octanol–water partition coefficient (Wildman–Crippen LogP) is 0.994. The van der Waals surface area contributed by atoms with Crippen molar-refractivity contribution in [2.24, 2.45) is 5.92 Å². The number of anilines is 1. The molecule has 3 rings (SSSR count). The molecule has 0 aliphatic carbocycles. The summed E-state index contributed by atoms with van der Waals surface area (Å²) in [7, 11) is 0. The molecular formula is C17H24N4O5S. The van der Waals surface area contributed by atoms with Gasteiger partial charge in [-0.1, -0.05) is 24.3 Å². The highest BCUT2D eigenvalue weighted by atomic mass is 32.1. The van der Waals surface area contributed by atoms with Crippen LogP contribution in [0.2, 0.25) is 0 Å². The summed E-state index contributed by atoms with van der Waals surface area (Å²) < 4.78 is 13.4. The number of fused-ring (bicyclic) bond motifs is 1. The van der Waals surface area contributed by atoms with Gasteiger partial charge in [-0.2, -0.15) is 4.98 Å². The van der Waals surface area contributed by atoms with E-state index in [1.807, 2.05) is 13.8 Å². The molecule has 1 fully saturated rings. The van der Waals surface area contributed by atoms with Crippen molar-refractivity contribution in [3.63, 3.8) is 0 Å². The fourth-order valence-electron chi connectivity index (χ4n) is 3.42. The van der Waals surface area contributed by atoms with Gasteiger partial charge >= 0.3 is 4.87 Å². The number of nitrogens with two attached hydrogens (primary N) is 1. The quantitative estimate of drug-likeness (QED) is 0.595. The van der Waals surface area contributed by atoms with Gasteiger partial charge in [-0.25, -0.2) is 0 Å². The Kier molecular flexibility index (Phi) is 5.80. The molecule has 2 aromatic rings. The summed E-state index contributed by atoms with van der Waals surface area (Å²) in [4.78, 5) is 31.0. The number of nitrogens with one attached hydrogen (secondary N) is 1. The summed E-state index contributed by atoms with van der Waals surface area (Å²) in [5.74, 6) is -0.288. The number of nitrogens with zero attached hydrogens (tertiary/aromatic N) is 2. The molecule has 148 valence electrons. The zero-order valence-corrected chi connectivity index (χ0v) is 16.1. The van der Waals surface area contributed by atoms with Crippen LogP contribution in [0.3, 0.4) is 0 Å². The maximum atomic E-state index is 12.7. The smallest absolute Gasteiger partial charge is 0.311 e. The van der Waals surface area contributed by atoms with Crippen LogP contribution in [0.15, 0.2) is 22.2 Å². The van der Waals surface area contributed by atoms with Crippen molar-refractivity contribution in [2.45, 2.75) is 51.2 Å². The number of ether oxygens (including phenoxy) is 2. The summed E-state index contributed by atoms with van der Waals surface area (Å²) in [6.45, 7) is 7.76. The number of H-pyrrole nitrogens is 1. The number of hydrogen-bond donors (Lipinski definition) is 3. The number of aliphatic hydroxyl groups is 1. The SMILES string of the molecule is C=CCO[C@H](C)[C@@H]1C[C@@H]([C@@H](O)CC)O[C@H]1n1c(=O)sc2c(=O)[nH]c(N)nc21. The number of thiazole rings is 1. The van der Waals surface area contributed by atoms with E-state index < -0.39 is 24.0 Å². The third kappa shape index (κ3) is 3.70. The zero-order chi connectivity index (χ0) is 19.7. The Morgan fingerprint density at radius 1 is 1.59 bits per heavy atom. The second-order valence-electron chi connectivity index (χ2n) is 6.61. The van der Waals surface area contributed by atoms with Gasteiger partial charge in [0.2, 0.25) is 5.95 Å². The maximum absolute atomic E-state index is 12.7. The van der Waals surface area contributed by atoms with Crippen LogP contribution in [0.1, 0.15) is 32.9 Å². The van der Waals surface area contributed by atoms with E-state index in [0.717, 1.165) is 11.3 Å². The second-order valence-corrected chi connectivity index (χ2v) is 7.57. The Morgan fingerprint density at radius 2 is 2.33 bits per heavy atom. The number of aromatic nitrogens is 3. The van der Waals surface area contributed by atoms with Crippen LogP contribution in [0.4, 0.5) is 5.95 Å². The Hall–Kier alpha value is -2.01. The molecule has 1 aliphatic heterocycles. The molecule has 5 atom stereocenters. The van der Waals surface area contributed by atoms with Crippen molar-refractivity contribution in [3.8, 4) is 0 Å². The molecular weight excluding hydrogens is 372 g/mol. The lowest BCUT2D eigenvalue weighted by Gasteiger charge is -2.25. The fourth-order valence-corrected chi connectivity index (χ4v) is 4.26. The van der Waals surface area contributed by atoms with Crippen LogP contribution in [-0.2, 0) is 9.47 Å². The van der Waals surface area contributed by atoms with Gasteiger partial charge in [0.1, 0.15) is 10.9 Å². The molecule has 10 heteroatoms. The second kappa shape index (κ2) is 7.93. The molecule has 0 bridgehead atoms. The van der Waals surface area contributed by atoms with Crippen LogP contribution >= 0.6 is 11.3 Å². The van der Waals surface area contributed by atoms with Crippen molar-refractivity contribution in [2.75, 3.05) is 12.3 Å². The van der Waals surface area contributed by atoms with E-state index in [1.54, 1.807) is 6.08 Å². The van der Waals surface area contributed by atoms with Crippen LogP contribution in [-0.4, -0.2) is 44.6 Å². The highest BCUT2D eigenvalue weighted by Crippen LogP contribution is 2.40. The van der Waals surface area contributed by atoms with Crippen LogP contribution < -0.4 is 16.2 Å². The van der Waals surface area contributed by atoms with E-state index in [-0.39, 0.29) is 33.2 Å². The lowest BCUT2D eigenvalue weighted by molar-refractivity contribution is -0.0783. The van der Waals surface area contributed by atoms with E-state index in [0.29, 0.717) is 19.4 Å². The first kappa shape index (κ1) is 19.7. The van der Waals surface area contributed by atoms with Gasteiger partial charge in [-0.3, -0.25) is 19.1 Å². The van der Waals surface area contributed by atoms with Crippen LogP contribution in [0.25, 0.3) is 10.3 Å². The molecule has 0 spiro atoms. The molecule has 0 amide bonds. The Labute approximate surface area is 159 Å². The zero-order valence-electron chi connectivity index (χ0n) is 15.3. The average Bonchev–Trinajstić information content (AvgIpc) is 3.20. The number of nitrogen functional groups attached to an aromatic ring is 1. The van der Waals surface area contributed by atoms with Gasteiger partial charge in [-0.15, -0.1) is 6.58 Å². The van der Waals surface area contributed by atoms with E-state index in [1.165, 1.54) is 4.57 Å². The Bertz CT molecular complexity index is 936. The number of rotatable bonds is 7. The highest BCUT2D eigenvalue weighted by Gasteiger charge is 2.43. The number of aliphatic hydroxyl groups excluding tert-OH is 1. The van der Waals surface area contributed by atoms with Gasteiger partial charge in [0, 0.05) is 5.92 Å². The minimum Gasteiger partial charge on any atom is -0.390 e. The first-order valence-electron chi connectivity index (χ1n) is 8.84. The van der Waals surface area contributed by atoms with Gasteiger partial charge in [0.15, 0.2) is 5.65 Å². The van der Waals surface area contributed by atoms with Gasteiger partial charge in [0.05, 0.1) is 24.9 Å². The molecule has 0 radical (unpaired) electrons. The third-order valence-corrected chi connectivity index (χ3v) is 5.80. The van der Waals surface area contributed by atoms with Crippen molar-refractivity contribution >= 4 is 27.6 Å². The number of hydrogen-bond acceptors (Lipinski definition) is 8. The van der Waals surface area contributed by atoms with Crippen molar-refractivity contribution in [1.82, 2.24) is 14.5 Å². The largest absolute Gasteiger partial charge is 0.390 e. The monoisotopic (exact) mass is 396 g/mol. The summed E-state index contributed by atoms with van der Waals surface area (Å²) in [6.07, 6.45) is 0.603. The Morgan fingerprint density at radius 3 is 3.00 bits per heavy atom. The first-order chi connectivity index (χ1) is 12.9. The highest BCUT2D eigenvalue weighted by molar-refractivity contribution is 7.16. The van der Waals surface area contributed by atoms with E-state index >= 15 is 0 Å². The molecule has 0 unspecified atom stereocenters. The van der Waals surface area contributed by atoms with E-state index in [4.69, 9.17) is 15.2 Å². The molecule has 2 aromatic heterocycles. The normalized spacial score (nSPS) is 24.9. The summed E-state index contributed by atoms with van der Waals surface area (Å²) in [5, 5.41) is 10.3. The summed E-state index contributed by atoms with van der Waals surface area (Å²) >= 11 is 0.794. The van der Waals surface area contributed by atoms with E-state index in [2.05, 4.69) is 16.5 Å². The summed E-state index contributed by atoms with van der Waals surface area (Å²) in [5.41, 5.74) is 5.38. The minimum absolute atomic E-state index is 0.0744. The predicted molar refractivity (Wildman–Crippen MR) is 103 cm³/mol. The van der Waals surface area contributed by atoms with Crippen LogP contribution in [0, 0.1) is 5.92 Å². The first-order valence-corrected chi connectivity index (χ1v) is 9.65. The average molecular weight is 396 g/mol. The number of aromatic amines is 1. The standard InChI is InChI=1S/C17H24N4O5S/c1-4-6-25-8(3)9-7-11(10(22)5-2)26-15(9)21-13-12(27-17(21)24)14(23)20-16(18)19-13/h4,8-11,15,22H,1,5-7H2,2-3H3,(H3,18,19,20,23)/t8-,9+,10+,11+,15-/m1/s1. The lowest BCUT2D eigenvalue weighted by Crippen LogP contribution is -2.31. The molecule has 4 N–H and O–H groups in total. The molecule has 1 aliphatic rings. The summed E-state index contributed by atoms with van der Waals surface area (Å²) in [6, 6.07) is 0. The maximum Gasteiger partial charge on any atom is 0.311 e.